The molecular formula is C20H14FN3O4. The molecule has 0 bridgehead atoms. The molecule has 140 valence electrons. The maximum atomic E-state index is 12.8. The summed E-state index contributed by atoms with van der Waals surface area (Å²) in [5, 5.41) is 16.7. The highest BCUT2D eigenvalue weighted by molar-refractivity contribution is 5.94. The first-order valence-corrected chi connectivity index (χ1v) is 8.09. The minimum Gasteiger partial charge on any atom is -0.508 e. The Morgan fingerprint density at radius 2 is 1.46 bits per heavy atom. The van der Waals surface area contributed by atoms with Crippen molar-refractivity contribution in [2.75, 3.05) is 5.48 Å². The zero-order valence-electron chi connectivity index (χ0n) is 14.4. The van der Waals surface area contributed by atoms with Gasteiger partial charge in [-0.25, -0.2) is 14.7 Å². The summed E-state index contributed by atoms with van der Waals surface area (Å²) in [4.78, 5) is 28.6. The van der Waals surface area contributed by atoms with Crippen LogP contribution < -0.4 is 5.48 Å². The molecule has 3 aromatic carbocycles. The van der Waals surface area contributed by atoms with Gasteiger partial charge < -0.3 is 9.94 Å². The molecule has 3 rings (SSSR count). The summed E-state index contributed by atoms with van der Waals surface area (Å²) < 4.78 is 12.8. The molecule has 0 spiro atoms. The average Bonchev–Trinajstić information content (AvgIpc) is 2.72. The minimum absolute atomic E-state index is 0.0525. The first-order valence-electron chi connectivity index (χ1n) is 8.09. The molecule has 7 nitrogen and oxygen atoms in total. The van der Waals surface area contributed by atoms with E-state index in [1.165, 1.54) is 36.4 Å². The first kappa shape index (κ1) is 18.7. The van der Waals surface area contributed by atoms with Gasteiger partial charge in [0.1, 0.15) is 11.6 Å². The molecule has 0 aromatic heterocycles. The Bertz CT molecular complexity index is 1000. The third-order valence-electron chi connectivity index (χ3n) is 3.58. The van der Waals surface area contributed by atoms with E-state index in [0.29, 0.717) is 16.9 Å². The third-order valence-corrected chi connectivity index (χ3v) is 3.58. The smallest absolute Gasteiger partial charge is 0.362 e. The van der Waals surface area contributed by atoms with Crippen molar-refractivity contribution in [1.82, 2.24) is 0 Å². The van der Waals surface area contributed by atoms with Crippen molar-refractivity contribution in [2.24, 2.45) is 10.2 Å². The van der Waals surface area contributed by atoms with E-state index in [1.807, 2.05) is 0 Å². The molecule has 0 saturated carbocycles. The van der Waals surface area contributed by atoms with Gasteiger partial charge in [0.05, 0.1) is 16.9 Å². The summed E-state index contributed by atoms with van der Waals surface area (Å²) in [6.07, 6.45) is 0. The maximum absolute atomic E-state index is 12.8. The Morgan fingerprint density at radius 3 is 2.11 bits per heavy atom. The van der Waals surface area contributed by atoms with Crippen LogP contribution in [-0.2, 0) is 4.84 Å². The summed E-state index contributed by atoms with van der Waals surface area (Å²) in [5.41, 5.74) is 3.86. The summed E-state index contributed by atoms with van der Waals surface area (Å²) in [5.74, 6) is -1.60. The standard InChI is InChI=1S/C20H14FN3O4/c21-15-5-1-14(2-6-15)20(27)28-24-17-9-7-16(8-10-17)22-23-19(26)13-3-11-18(25)12-4-13/h1-12,24-25H. The number of rotatable bonds is 5. The number of anilines is 1. The molecule has 8 heteroatoms. The number of carbonyl (C=O) groups is 2. The van der Waals surface area contributed by atoms with Gasteiger partial charge in [-0.15, -0.1) is 10.2 Å². The molecule has 0 heterocycles. The molecular weight excluding hydrogens is 365 g/mol. The van der Waals surface area contributed by atoms with Crippen LogP contribution in [0.1, 0.15) is 20.7 Å². The number of hydrogen-bond donors (Lipinski definition) is 2. The number of hydrogen-bond acceptors (Lipinski definition) is 6. The number of azo groups is 1. The SMILES string of the molecule is O=C(N=Nc1ccc(NOC(=O)c2ccc(F)cc2)cc1)c1ccc(O)cc1. The summed E-state index contributed by atoms with van der Waals surface area (Å²) in [7, 11) is 0. The van der Waals surface area contributed by atoms with Gasteiger partial charge in [0.2, 0.25) is 0 Å². The van der Waals surface area contributed by atoms with Crippen LogP contribution in [0.5, 0.6) is 5.75 Å². The Morgan fingerprint density at radius 1 is 0.857 bits per heavy atom. The first-order chi connectivity index (χ1) is 13.5. The number of phenols is 1. The van der Waals surface area contributed by atoms with Crippen molar-refractivity contribution < 1.29 is 23.9 Å². The highest BCUT2D eigenvalue weighted by Crippen LogP contribution is 2.18. The third kappa shape index (κ3) is 4.98. The topological polar surface area (TPSA) is 100 Å². The molecule has 2 N–H and O–H groups in total. The lowest BCUT2D eigenvalue weighted by atomic mass is 10.2. The summed E-state index contributed by atoms with van der Waals surface area (Å²) >= 11 is 0. The number of nitrogens with zero attached hydrogens (tertiary/aromatic N) is 2. The molecule has 3 aromatic rings. The number of carbonyl (C=O) groups excluding carboxylic acids is 2. The van der Waals surface area contributed by atoms with Gasteiger partial charge in [0, 0.05) is 5.56 Å². The van der Waals surface area contributed by atoms with Crippen LogP contribution in [0.3, 0.4) is 0 Å². The van der Waals surface area contributed by atoms with E-state index in [2.05, 4.69) is 15.7 Å². The second kappa shape index (κ2) is 8.54. The second-order valence-electron chi connectivity index (χ2n) is 5.60. The maximum Gasteiger partial charge on any atom is 0.362 e. The lowest BCUT2D eigenvalue weighted by molar-refractivity contribution is 0.0596. The number of aromatic hydroxyl groups is 1. The minimum atomic E-state index is -0.664. The quantitative estimate of drug-likeness (QED) is 0.497. The Kier molecular flexibility index (Phi) is 5.71. The Hall–Kier alpha value is -4.07. The highest BCUT2D eigenvalue weighted by atomic mass is 19.1. The fraction of sp³-hybridized carbons (Fsp3) is 0. The van der Waals surface area contributed by atoms with Gasteiger partial charge in [0.15, 0.2) is 0 Å². The van der Waals surface area contributed by atoms with Gasteiger partial charge in [-0.05, 0) is 72.8 Å². The van der Waals surface area contributed by atoms with Gasteiger partial charge >= 0.3 is 5.97 Å². The van der Waals surface area contributed by atoms with Crippen LogP contribution in [0, 0.1) is 5.82 Å². The highest BCUT2D eigenvalue weighted by Gasteiger charge is 2.08. The van der Waals surface area contributed by atoms with Crippen molar-refractivity contribution in [3.8, 4) is 5.75 Å². The van der Waals surface area contributed by atoms with E-state index in [9.17, 15) is 19.1 Å². The van der Waals surface area contributed by atoms with E-state index in [4.69, 9.17) is 4.84 Å². The number of phenolic OH excluding ortho intramolecular Hbond substituents is 1. The van der Waals surface area contributed by atoms with Gasteiger partial charge in [-0.2, -0.15) is 0 Å². The van der Waals surface area contributed by atoms with Crippen LogP contribution in [0.4, 0.5) is 15.8 Å². The molecule has 1 amide bonds. The van der Waals surface area contributed by atoms with Crippen molar-refractivity contribution in [2.45, 2.75) is 0 Å². The lowest BCUT2D eigenvalue weighted by Crippen LogP contribution is -2.10. The summed E-state index contributed by atoms with van der Waals surface area (Å²) in [6, 6.07) is 16.9. The zero-order chi connectivity index (χ0) is 19.9. The number of nitrogens with one attached hydrogen (secondary N) is 1. The molecule has 0 aliphatic heterocycles. The molecule has 28 heavy (non-hydrogen) atoms. The van der Waals surface area contributed by atoms with E-state index in [-0.39, 0.29) is 11.3 Å². The molecule has 0 fully saturated rings. The average molecular weight is 379 g/mol. The zero-order valence-corrected chi connectivity index (χ0v) is 14.4. The molecule has 0 aliphatic rings. The number of benzene rings is 3. The predicted molar refractivity (Wildman–Crippen MR) is 98.8 cm³/mol. The molecule has 0 atom stereocenters. The molecule has 0 unspecified atom stereocenters. The van der Waals surface area contributed by atoms with Crippen molar-refractivity contribution in [1.29, 1.82) is 0 Å². The van der Waals surface area contributed by atoms with E-state index < -0.39 is 17.7 Å². The fourth-order valence-corrected chi connectivity index (χ4v) is 2.11. The second-order valence-corrected chi connectivity index (χ2v) is 5.60. The molecule has 0 radical (unpaired) electrons. The van der Waals surface area contributed by atoms with E-state index in [1.54, 1.807) is 24.3 Å². The van der Waals surface area contributed by atoms with Gasteiger partial charge in [-0.3, -0.25) is 4.79 Å². The predicted octanol–water partition coefficient (Wildman–Crippen LogP) is 4.64. The monoisotopic (exact) mass is 379 g/mol. The fourth-order valence-electron chi connectivity index (χ4n) is 2.11. The van der Waals surface area contributed by atoms with Crippen LogP contribution in [0.25, 0.3) is 0 Å². The largest absolute Gasteiger partial charge is 0.508 e. The van der Waals surface area contributed by atoms with Crippen molar-refractivity contribution in [3.63, 3.8) is 0 Å². The van der Waals surface area contributed by atoms with Crippen LogP contribution in [0.2, 0.25) is 0 Å². The van der Waals surface area contributed by atoms with Crippen LogP contribution in [-0.4, -0.2) is 17.0 Å². The van der Waals surface area contributed by atoms with Gasteiger partial charge in [0.25, 0.3) is 5.91 Å². The molecule has 0 saturated heterocycles. The van der Waals surface area contributed by atoms with Crippen molar-refractivity contribution >= 4 is 23.3 Å². The van der Waals surface area contributed by atoms with E-state index >= 15 is 0 Å². The Labute approximate surface area is 159 Å². The van der Waals surface area contributed by atoms with Crippen LogP contribution >= 0.6 is 0 Å². The summed E-state index contributed by atoms with van der Waals surface area (Å²) in [6.45, 7) is 0. The number of halogens is 1. The lowest BCUT2D eigenvalue weighted by Gasteiger charge is -2.06. The normalized spacial score (nSPS) is 10.6. The Balaban J connectivity index is 1.55. The van der Waals surface area contributed by atoms with E-state index in [0.717, 1.165) is 12.1 Å². The van der Waals surface area contributed by atoms with Crippen molar-refractivity contribution in [3.05, 3.63) is 89.7 Å². The number of amides is 1. The van der Waals surface area contributed by atoms with Crippen LogP contribution in [0.15, 0.2) is 83.0 Å². The molecule has 0 aliphatic carbocycles. The van der Waals surface area contributed by atoms with Gasteiger partial charge in [-0.1, -0.05) is 0 Å².